The minimum absolute atomic E-state index is 0.0104. The van der Waals surface area contributed by atoms with E-state index in [0.717, 1.165) is 16.7 Å². The number of aromatic hydroxyl groups is 1. The number of carbonyl (C=O) groups is 2. The number of nitriles is 1. The van der Waals surface area contributed by atoms with Gasteiger partial charge in [-0.1, -0.05) is 12.1 Å². The summed E-state index contributed by atoms with van der Waals surface area (Å²) in [4.78, 5) is 36.8. The van der Waals surface area contributed by atoms with Crippen LogP contribution in [-0.2, 0) is 17.4 Å². The number of amides is 1. The molecular weight excluding hydrogens is 471 g/mol. The predicted octanol–water partition coefficient (Wildman–Crippen LogP) is 2.59. The smallest absolute Gasteiger partial charge is 0.416 e. The Morgan fingerprint density at radius 3 is 2.49 bits per heavy atom. The van der Waals surface area contributed by atoms with Crippen molar-refractivity contribution < 1.29 is 37.7 Å². The van der Waals surface area contributed by atoms with Crippen LogP contribution in [-0.4, -0.2) is 39.8 Å². The highest BCUT2D eigenvalue weighted by atomic mass is 19.4. The molecule has 0 spiro atoms. The van der Waals surface area contributed by atoms with Crippen molar-refractivity contribution in [3.63, 3.8) is 0 Å². The number of carboxylic acid groups (broad SMARTS) is 1. The van der Waals surface area contributed by atoms with E-state index in [4.69, 9.17) is 9.84 Å². The lowest BCUT2D eigenvalue weighted by Crippen LogP contribution is -2.40. The maximum atomic E-state index is 13.4. The Kier molecular flexibility index (Phi) is 5.86. The zero-order valence-electron chi connectivity index (χ0n) is 17.7. The molecule has 3 N–H and O–H groups in total. The van der Waals surface area contributed by atoms with Gasteiger partial charge in [0.2, 0.25) is 0 Å². The molecule has 1 aromatic heterocycles. The molecule has 12 heteroatoms. The summed E-state index contributed by atoms with van der Waals surface area (Å²) in [7, 11) is 0. The Labute approximate surface area is 194 Å². The van der Waals surface area contributed by atoms with Gasteiger partial charge in [-0.25, -0.2) is 0 Å². The molecule has 1 atom stereocenters. The fourth-order valence-corrected chi connectivity index (χ4v) is 4.00. The third-order valence-electron chi connectivity index (χ3n) is 5.58. The Morgan fingerprint density at radius 1 is 1.20 bits per heavy atom. The Morgan fingerprint density at radius 2 is 1.89 bits per heavy atom. The predicted molar refractivity (Wildman–Crippen MR) is 114 cm³/mol. The van der Waals surface area contributed by atoms with Gasteiger partial charge in [0.1, 0.15) is 30.5 Å². The highest BCUT2D eigenvalue weighted by molar-refractivity contribution is 6.04. The summed E-state index contributed by atoms with van der Waals surface area (Å²) in [5.74, 6) is -3.19. The molecular formula is C23H16F3N3O6. The fraction of sp³-hybridized carbons (Fsp3) is 0.217. The second-order valence-corrected chi connectivity index (χ2v) is 7.79. The summed E-state index contributed by atoms with van der Waals surface area (Å²) in [5.41, 5.74) is -1.95. The second-order valence-electron chi connectivity index (χ2n) is 7.79. The third kappa shape index (κ3) is 4.23. The molecule has 180 valence electrons. The van der Waals surface area contributed by atoms with Crippen molar-refractivity contribution in [3.8, 4) is 17.6 Å². The molecule has 35 heavy (non-hydrogen) atoms. The summed E-state index contributed by atoms with van der Waals surface area (Å²) >= 11 is 0. The van der Waals surface area contributed by atoms with Crippen LogP contribution in [0.4, 0.5) is 13.2 Å². The lowest BCUT2D eigenvalue weighted by Gasteiger charge is -2.30. The van der Waals surface area contributed by atoms with Crippen molar-refractivity contribution in [1.82, 2.24) is 9.88 Å². The molecule has 2 heterocycles. The Balaban J connectivity index is 1.87. The minimum Gasteiger partial charge on any atom is -0.506 e. The number of nitrogens with zero attached hydrogens (tertiary/aromatic N) is 2. The van der Waals surface area contributed by atoms with E-state index in [2.05, 4.69) is 0 Å². The van der Waals surface area contributed by atoms with Crippen molar-refractivity contribution >= 4 is 22.8 Å². The van der Waals surface area contributed by atoms with Crippen LogP contribution in [0.5, 0.6) is 11.5 Å². The highest BCUT2D eigenvalue weighted by Gasteiger charge is 2.33. The quantitative estimate of drug-likeness (QED) is 0.502. The van der Waals surface area contributed by atoms with Crippen LogP contribution < -0.4 is 15.6 Å². The monoisotopic (exact) mass is 487 g/mol. The first-order valence-corrected chi connectivity index (χ1v) is 10.2. The van der Waals surface area contributed by atoms with E-state index in [1.807, 2.05) is 11.4 Å². The van der Waals surface area contributed by atoms with Gasteiger partial charge in [0, 0.05) is 5.39 Å². The normalized spacial score (nSPS) is 14.7. The van der Waals surface area contributed by atoms with Gasteiger partial charge in [-0.15, -0.1) is 0 Å². The van der Waals surface area contributed by atoms with Crippen LogP contribution in [0.25, 0.3) is 10.9 Å². The van der Waals surface area contributed by atoms with E-state index in [0.29, 0.717) is 5.56 Å². The van der Waals surface area contributed by atoms with E-state index in [-0.39, 0.29) is 35.2 Å². The first-order chi connectivity index (χ1) is 16.5. The number of benzene rings is 2. The maximum Gasteiger partial charge on any atom is 0.416 e. The van der Waals surface area contributed by atoms with E-state index in [9.17, 15) is 37.9 Å². The van der Waals surface area contributed by atoms with Gasteiger partial charge in [-0.3, -0.25) is 19.0 Å². The average Bonchev–Trinajstić information content (AvgIpc) is 2.81. The van der Waals surface area contributed by atoms with Gasteiger partial charge >= 0.3 is 12.1 Å². The van der Waals surface area contributed by atoms with Crippen molar-refractivity contribution in [3.05, 3.63) is 69.0 Å². The molecule has 1 aliphatic heterocycles. The largest absolute Gasteiger partial charge is 0.506 e. The van der Waals surface area contributed by atoms with Crippen molar-refractivity contribution in [2.45, 2.75) is 18.6 Å². The van der Waals surface area contributed by atoms with Gasteiger partial charge in [0.25, 0.3) is 11.5 Å². The standard InChI is InChI=1S/C23H16F3N3O6/c24-23(25,26)13-4-1-11(2-5-13)7-14-10-35-20-12(8-27)3-6-15-18(20)29(14)22(34)17(19(15)32)21(33)28-9-16(30)31/h1-6,14,32H,7,9-10H2,(H,28,33)(H,30,31). The molecule has 0 bridgehead atoms. The number of halogens is 3. The second kappa shape index (κ2) is 8.68. The van der Waals surface area contributed by atoms with E-state index in [1.165, 1.54) is 24.3 Å². The maximum absolute atomic E-state index is 13.4. The highest BCUT2D eigenvalue weighted by Crippen LogP contribution is 2.40. The molecule has 0 saturated heterocycles. The third-order valence-corrected chi connectivity index (χ3v) is 5.58. The Bertz CT molecular complexity index is 1460. The molecule has 0 fully saturated rings. The number of pyridine rings is 1. The summed E-state index contributed by atoms with van der Waals surface area (Å²) in [5, 5.41) is 31.0. The lowest BCUT2D eigenvalue weighted by molar-refractivity contribution is -0.138. The number of nitrogens with one attached hydrogen (secondary N) is 1. The number of rotatable bonds is 5. The fourth-order valence-electron chi connectivity index (χ4n) is 4.00. The number of hydrogen-bond donors (Lipinski definition) is 3. The summed E-state index contributed by atoms with van der Waals surface area (Å²) in [6.45, 7) is -0.949. The van der Waals surface area contributed by atoms with Crippen molar-refractivity contribution in [1.29, 1.82) is 5.26 Å². The Hall–Kier alpha value is -4.53. The number of carboxylic acids is 1. The number of hydrogen-bond acceptors (Lipinski definition) is 6. The van der Waals surface area contributed by atoms with E-state index in [1.54, 1.807) is 0 Å². The SMILES string of the molecule is N#Cc1ccc2c(O)c(C(=O)NCC(=O)O)c(=O)n3c2c1OCC3Cc1ccc(C(F)(F)F)cc1. The number of aromatic nitrogens is 1. The number of aliphatic carboxylic acids is 1. The zero-order chi connectivity index (χ0) is 25.5. The van der Waals surface area contributed by atoms with Crippen molar-refractivity contribution in [2.75, 3.05) is 13.2 Å². The van der Waals surface area contributed by atoms with Gasteiger partial charge in [0.05, 0.1) is 22.7 Å². The topological polar surface area (TPSA) is 142 Å². The lowest BCUT2D eigenvalue weighted by atomic mass is 9.99. The number of carbonyl (C=O) groups excluding carboxylic acids is 1. The first kappa shape index (κ1) is 23.6. The average molecular weight is 487 g/mol. The summed E-state index contributed by atoms with van der Waals surface area (Å²) in [6, 6.07) is 8.09. The van der Waals surface area contributed by atoms with Crippen LogP contribution in [0, 0.1) is 11.3 Å². The van der Waals surface area contributed by atoms with Gasteiger partial charge < -0.3 is 20.3 Å². The van der Waals surface area contributed by atoms with Gasteiger partial charge in [0.15, 0.2) is 5.75 Å². The van der Waals surface area contributed by atoms with E-state index < -0.39 is 53.1 Å². The molecule has 0 aliphatic carbocycles. The van der Waals surface area contributed by atoms with Crippen LogP contribution in [0.1, 0.15) is 33.1 Å². The molecule has 1 amide bonds. The number of alkyl halides is 3. The van der Waals surface area contributed by atoms with Crippen LogP contribution in [0.15, 0.2) is 41.2 Å². The summed E-state index contributed by atoms with van der Waals surface area (Å²) in [6.07, 6.45) is -4.48. The molecule has 2 aromatic carbocycles. The van der Waals surface area contributed by atoms with Crippen molar-refractivity contribution in [2.24, 2.45) is 0 Å². The molecule has 1 aliphatic rings. The molecule has 1 unspecified atom stereocenters. The molecule has 3 aromatic rings. The number of ether oxygens (including phenoxy) is 1. The van der Waals surface area contributed by atoms with Crippen LogP contribution in [0.2, 0.25) is 0 Å². The molecule has 0 radical (unpaired) electrons. The van der Waals surface area contributed by atoms with Gasteiger partial charge in [-0.05, 0) is 36.2 Å². The zero-order valence-corrected chi connectivity index (χ0v) is 17.7. The van der Waals surface area contributed by atoms with Crippen LogP contribution >= 0.6 is 0 Å². The first-order valence-electron chi connectivity index (χ1n) is 10.2. The molecule has 0 saturated carbocycles. The minimum atomic E-state index is -4.52. The molecule has 4 rings (SSSR count). The van der Waals surface area contributed by atoms with E-state index >= 15 is 0 Å². The van der Waals surface area contributed by atoms with Gasteiger partial charge in [-0.2, -0.15) is 18.4 Å². The summed E-state index contributed by atoms with van der Waals surface area (Å²) < 4.78 is 45.6. The van der Waals surface area contributed by atoms with Crippen LogP contribution in [0.3, 0.4) is 0 Å². The molecule has 9 nitrogen and oxygen atoms in total.